The molecule has 0 aliphatic carbocycles. The van der Waals surface area contributed by atoms with Gasteiger partial charge in [0.25, 0.3) is 0 Å². The fourth-order valence-electron chi connectivity index (χ4n) is 3.04. The van der Waals surface area contributed by atoms with Crippen LogP contribution in [0.4, 0.5) is 13.2 Å². The van der Waals surface area contributed by atoms with E-state index in [0.717, 1.165) is 24.9 Å². The van der Waals surface area contributed by atoms with E-state index in [9.17, 15) is 18.0 Å². The van der Waals surface area contributed by atoms with Gasteiger partial charge in [0.2, 0.25) is 0 Å². The summed E-state index contributed by atoms with van der Waals surface area (Å²) in [6, 6.07) is 5.46. The lowest BCUT2D eigenvalue weighted by Crippen LogP contribution is -2.14. The Balaban J connectivity index is 0.000000243. The number of hydrogen-bond donors (Lipinski definition) is 1. The number of carbonyl (C=O) groups excluding carboxylic acids is 1. The number of fused-ring (bicyclic) bond motifs is 1. The molecule has 0 spiro atoms. The quantitative estimate of drug-likeness (QED) is 0.462. The third kappa shape index (κ3) is 4.65. The van der Waals surface area contributed by atoms with Crippen LogP contribution in [0.15, 0.2) is 29.6 Å². The molecule has 8 nitrogen and oxygen atoms in total. The second-order valence-electron chi connectivity index (χ2n) is 6.77. The fraction of sp³-hybridized carbons (Fsp3) is 0.300. The Morgan fingerprint density at radius 1 is 1.25 bits per heavy atom. The third-order valence-electron chi connectivity index (χ3n) is 4.75. The van der Waals surface area contributed by atoms with Crippen LogP contribution in [0.3, 0.4) is 0 Å². The molecule has 0 aliphatic heterocycles. The number of aromatic nitrogens is 5. The molecule has 0 aromatic carbocycles. The van der Waals surface area contributed by atoms with Crippen LogP contribution in [0.5, 0.6) is 0 Å². The summed E-state index contributed by atoms with van der Waals surface area (Å²) >= 11 is 1.27. The summed E-state index contributed by atoms with van der Waals surface area (Å²) in [5.74, 6) is -0.823. The molecule has 4 rings (SSSR count). The van der Waals surface area contributed by atoms with Crippen molar-refractivity contribution in [2.24, 2.45) is 12.8 Å². The number of methoxy groups -OCH3 is 1. The first-order chi connectivity index (χ1) is 15.1. The molecule has 0 saturated carbocycles. The predicted octanol–water partition coefficient (Wildman–Crippen LogP) is 3.76. The molecular formula is C20H21F3N6O2S. The van der Waals surface area contributed by atoms with Crippen LogP contribution in [0.1, 0.15) is 33.1 Å². The van der Waals surface area contributed by atoms with E-state index in [0.29, 0.717) is 15.9 Å². The summed E-state index contributed by atoms with van der Waals surface area (Å²) in [4.78, 5) is 16.2. The SMILES string of the molecule is COC(=O)c1cc2nc(-c3cccs3)cc(C(F)(F)F)n2n1.Cc1nn(C)c(C)c1CN. The van der Waals surface area contributed by atoms with E-state index in [1.807, 2.05) is 25.6 Å². The van der Waals surface area contributed by atoms with Gasteiger partial charge in [0.05, 0.1) is 23.4 Å². The van der Waals surface area contributed by atoms with Crippen molar-refractivity contribution in [3.63, 3.8) is 0 Å². The molecule has 170 valence electrons. The summed E-state index contributed by atoms with van der Waals surface area (Å²) in [6.07, 6.45) is -4.63. The highest BCUT2D eigenvalue weighted by Crippen LogP contribution is 2.33. The molecule has 0 radical (unpaired) electrons. The number of rotatable bonds is 3. The van der Waals surface area contributed by atoms with Gasteiger partial charge in [-0.3, -0.25) is 4.68 Å². The predicted molar refractivity (Wildman–Crippen MR) is 113 cm³/mol. The minimum absolute atomic E-state index is 0.0707. The largest absolute Gasteiger partial charge is 0.464 e. The number of esters is 1. The highest BCUT2D eigenvalue weighted by molar-refractivity contribution is 7.13. The molecule has 0 aliphatic rings. The number of ether oxygens (including phenoxy) is 1. The van der Waals surface area contributed by atoms with Gasteiger partial charge in [0.15, 0.2) is 17.0 Å². The number of carbonyl (C=O) groups is 1. The fourth-order valence-corrected chi connectivity index (χ4v) is 3.73. The normalized spacial score (nSPS) is 11.4. The van der Waals surface area contributed by atoms with Crippen LogP contribution >= 0.6 is 11.3 Å². The summed E-state index contributed by atoms with van der Waals surface area (Å²) < 4.78 is 46.6. The molecular weight excluding hydrogens is 445 g/mol. The first-order valence-electron chi connectivity index (χ1n) is 9.36. The van der Waals surface area contributed by atoms with E-state index in [4.69, 9.17) is 5.73 Å². The van der Waals surface area contributed by atoms with Gasteiger partial charge < -0.3 is 10.5 Å². The van der Waals surface area contributed by atoms with Crippen LogP contribution in [0.2, 0.25) is 0 Å². The van der Waals surface area contributed by atoms with Crippen molar-refractivity contribution < 1.29 is 22.7 Å². The van der Waals surface area contributed by atoms with Crippen molar-refractivity contribution in [2.75, 3.05) is 7.11 Å². The van der Waals surface area contributed by atoms with E-state index >= 15 is 0 Å². The van der Waals surface area contributed by atoms with Crippen molar-refractivity contribution in [1.82, 2.24) is 24.4 Å². The summed E-state index contributed by atoms with van der Waals surface area (Å²) in [5, 5.41) is 9.59. The Hall–Kier alpha value is -3.25. The van der Waals surface area contributed by atoms with Gasteiger partial charge in [0.1, 0.15) is 0 Å². The second-order valence-corrected chi connectivity index (χ2v) is 7.72. The van der Waals surface area contributed by atoms with E-state index in [-0.39, 0.29) is 17.0 Å². The zero-order valence-corrected chi connectivity index (χ0v) is 18.6. The van der Waals surface area contributed by atoms with Gasteiger partial charge in [0, 0.05) is 30.9 Å². The summed E-state index contributed by atoms with van der Waals surface area (Å²) in [5.41, 5.74) is 7.76. The van der Waals surface area contributed by atoms with Gasteiger partial charge in [-0.1, -0.05) is 6.07 Å². The van der Waals surface area contributed by atoms with Gasteiger partial charge in [-0.2, -0.15) is 23.4 Å². The maximum Gasteiger partial charge on any atom is 0.433 e. The third-order valence-corrected chi connectivity index (χ3v) is 5.64. The Labute approximate surface area is 185 Å². The number of aryl methyl sites for hydroxylation is 2. The molecule has 0 bridgehead atoms. The second kappa shape index (κ2) is 9.09. The number of nitrogens with zero attached hydrogens (tertiary/aromatic N) is 5. The molecule has 4 aromatic rings. The number of halogens is 3. The number of hydrogen-bond acceptors (Lipinski definition) is 7. The monoisotopic (exact) mass is 466 g/mol. The van der Waals surface area contributed by atoms with E-state index < -0.39 is 17.8 Å². The van der Waals surface area contributed by atoms with E-state index in [1.165, 1.54) is 22.6 Å². The summed E-state index contributed by atoms with van der Waals surface area (Å²) in [7, 11) is 3.06. The van der Waals surface area contributed by atoms with Gasteiger partial charge in [-0.15, -0.1) is 11.3 Å². The van der Waals surface area contributed by atoms with Crippen molar-refractivity contribution in [1.29, 1.82) is 0 Å². The smallest absolute Gasteiger partial charge is 0.433 e. The van der Waals surface area contributed by atoms with E-state index in [2.05, 4.69) is 19.9 Å². The molecule has 2 N–H and O–H groups in total. The minimum atomic E-state index is -4.63. The summed E-state index contributed by atoms with van der Waals surface area (Å²) in [6.45, 7) is 4.60. The lowest BCUT2D eigenvalue weighted by Gasteiger charge is -2.10. The van der Waals surface area contributed by atoms with Gasteiger partial charge in [-0.25, -0.2) is 14.3 Å². The van der Waals surface area contributed by atoms with Crippen molar-refractivity contribution in [2.45, 2.75) is 26.6 Å². The number of thiophene rings is 1. The lowest BCUT2D eigenvalue weighted by molar-refractivity contribution is -0.142. The molecule has 0 amide bonds. The molecule has 4 aromatic heterocycles. The maximum atomic E-state index is 13.2. The van der Waals surface area contributed by atoms with Crippen LogP contribution < -0.4 is 5.73 Å². The Bertz CT molecular complexity index is 1240. The zero-order chi connectivity index (χ0) is 23.6. The molecule has 12 heteroatoms. The van der Waals surface area contributed by atoms with Crippen LogP contribution in [0.25, 0.3) is 16.2 Å². The van der Waals surface area contributed by atoms with Gasteiger partial charge >= 0.3 is 12.1 Å². The maximum absolute atomic E-state index is 13.2. The highest BCUT2D eigenvalue weighted by Gasteiger charge is 2.35. The average molecular weight is 466 g/mol. The number of alkyl halides is 3. The topological polar surface area (TPSA) is 100 Å². The van der Waals surface area contributed by atoms with Crippen LogP contribution in [0, 0.1) is 13.8 Å². The Kier molecular flexibility index (Phi) is 6.65. The zero-order valence-electron chi connectivity index (χ0n) is 17.8. The molecule has 0 atom stereocenters. The lowest BCUT2D eigenvalue weighted by atomic mass is 10.2. The molecule has 4 heterocycles. The van der Waals surface area contributed by atoms with Crippen molar-refractivity contribution in [3.05, 3.63) is 58.0 Å². The highest BCUT2D eigenvalue weighted by atomic mass is 32.1. The first-order valence-corrected chi connectivity index (χ1v) is 10.2. The first kappa shape index (κ1) is 23.4. The Morgan fingerprint density at radius 3 is 2.44 bits per heavy atom. The number of nitrogens with two attached hydrogens (primary N) is 1. The van der Waals surface area contributed by atoms with Crippen LogP contribution in [-0.2, 0) is 24.5 Å². The molecule has 32 heavy (non-hydrogen) atoms. The molecule has 0 fully saturated rings. The van der Waals surface area contributed by atoms with Crippen molar-refractivity contribution >= 4 is 23.0 Å². The van der Waals surface area contributed by atoms with Gasteiger partial charge in [-0.05, 0) is 31.4 Å². The standard InChI is InChI=1S/C13H8F3N3O2S.C7H13N3/c1-21-12(20)8-6-11-17-7(9-3-2-4-22-9)5-10(13(14,15)16)19(11)18-8;1-5-7(4-8)6(2)10(3)9-5/h2-6H,1H3;4,8H2,1-3H3. The average Bonchev–Trinajstić information content (AvgIpc) is 3.46. The molecule has 0 unspecified atom stereocenters. The minimum Gasteiger partial charge on any atom is -0.464 e. The molecule has 0 saturated heterocycles. The Morgan fingerprint density at radius 2 is 1.97 bits per heavy atom. The van der Waals surface area contributed by atoms with Crippen LogP contribution in [-0.4, -0.2) is 37.5 Å². The van der Waals surface area contributed by atoms with E-state index in [1.54, 1.807) is 17.5 Å². The van der Waals surface area contributed by atoms with Crippen molar-refractivity contribution in [3.8, 4) is 10.6 Å².